The highest BCUT2D eigenvalue weighted by atomic mass is 32.2. The summed E-state index contributed by atoms with van der Waals surface area (Å²) in [7, 11) is -3.53. The van der Waals surface area contributed by atoms with Gasteiger partial charge in [0.15, 0.2) is 0 Å². The van der Waals surface area contributed by atoms with Crippen LogP contribution in [0.3, 0.4) is 0 Å². The van der Waals surface area contributed by atoms with Crippen LogP contribution in [0.15, 0.2) is 102 Å². The topological polar surface area (TPSA) is 80.0 Å². The average molecular weight is 445 g/mol. The van der Waals surface area contributed by atoms with Gasteiger partial charge < -0.3 is 4.74 Å². The van der Waals surface area contributed by atoms with Gasteiger partial charge >= 0.3 is 0 Å². The van der Waals surface area contributed by atoms with Crippen LogP contribution in [0.2, 0.25) is 0 Å². The Morgan fingerprint density at radius 2 is 1.41 bits per heavy atom. The summed E-state index contributed by atoms with van der Waals surface area (Å²) < 4.78 is 33.9. The van der Waals surface area contributed by atoms with Gasteiger partial charge in [-0.3, -0.25) is 0 Å². The van der Waals surface area contributed by atoms with Crippen molar-refractivity contribution in [1.29, 1.82) is 4.78 Å². The Kier molecular flexibility index (Phi) is 5.07. The molecule has 0 amide bonds. The van der Waals surface area contributed by atoms with Gasteiger partial charge in [-0.1, -0.05) is 91.0 Å². The van der Waals surface area contributed by atoms with Crippen molar-refractivity contribution in [2.75, 3.05) is 0 Å². The van der Waals surface area contributed by atoms with Crippen LogP contribution in [0.25, 0.3) is 0 Å². The van der Waals surface area contributed by atoms with Gasteiger partial charge in [0.2, 0.25) is 5.88 Å². The van der Waals surface area contributed by atoms with Crippen LogP contribution in [-0.4, -0.2) is 20.1 Å². The SMILES string of the molecule is CC1Cn2ncc(S(=N)(=O)NC(c3ccccc3)(c3ccccc3)c3ccccc3)c2O1. The van der Waals surface area contributed by atoms with Crippen molar-refractivity contribution in [3.63, 3.8) is 0 Å². The number of fused-ring (bicyclic) bond motifs is 1. The Bertz CT molecular complexity index is 1220. The first-order valence-electron chi connectivity index (χ1n) is 10.5. The number of hydrogen-bond donors (Lipinski definition) is 2. The molecule has 0 saturated carbocycles. The van der Waals surface area contributed by atoms with E-state index in [2.05, 4.69) is 9.82 Å². The molecule has 0 aliphatic carbocycles. The lowest BCUT2D eigenvalue weighted by atomic mass is 9.78. The molecule has 6 nitrogen and oxygen atoms in total. The van der Waals surface area contributed by atoms with E-state index in [0.29, 0.717) is 12.4 Å². The van der Waals surface area contributed by atoms with Crippen LogP contribution in [-0.2, 0) is 22.0 Å². The monoisotopic (exact) mass is 444 g/mol. The highest BCUT2D eigenvalue weighted by Gasteiger charge is 2.41. The molecule has 0 spiro atoms. The minimum Gasteiger partial charge on any atom is -0.472 e. The first kappa shape index (κ1) is 20.5. The fourth-order valence-corrected chi connectivity index (χ4v) is 5.78. The molecule has 1 aliphatic rings. The Hall–Kier alpha value is -3.42. The molecule has 32 heavy (non-hydrogen) atoms. The summed E-state index contributed by atoms with van der Waals surface area (Å²) in [5, 5.41) is 4.31. The number of nitrogens with zero attached hydrogens (tertiary/aromatic N) is 2. The van der Waals surface area contributed by atoms with E-state index >= 15 is 0 Å². The third-order valence-corrected chi connectivity index (χ3v) is 7.22. The first-order chi connectivity index (χ1) is 15.5. The number of nitrogens with one attached hydrogen (secondary N) is 2. The van der Waals surface area contributed by atoms with E-state index in [-0.39, 0.29) is 11.0 Å². The van der Waals surface area contributed by atoms with Gasteiger partial charge in [-0.25, -0.2) is 18.4 Å². The van der Waals surface area contributed by atoms with Gasteiger partial charge in [-0.05, 0) is 23.6 Å². The lowest BCUT2D eigenvalue weighted by Gasteiger charge is -2.37. The van der Waals surface area contributed by atoms with Crippen molar-refractivity contribution in [3.05, 3.63) is 114 Å². The molecule has 1 aliphatic heterocycles. The third-order valence-electron chi connectivity index (χ3n) is 5.73. The van der Waals surface area contributed by atoms with E-state index in [4.69, 9.17) is 9.52 Å². The predicted molar refractivity (Wildman–Crippen MR) is 124 cm³/mol. The molecule has 3 aromatic carbocycles. The van der Waals surface area contributed by atoms with Gasteiger partial charge in [-0.2, -0.15) is 5.10 Å². The van der Waals surface area contributed by atoms with Crippen molar-refractivity contribution < 1.29 is 8.95 Å². The summed E-state index contributed by atoms with van der Waals surface area (Å²) in [6.07, 6.45) is 1.41. The van der Waals surface area contributed by atoms with Crippen LogP contribution >= 0.6 is 0 Å². The maximum atomic E-state index is 14.1. The molecular weight excluding hydrogens is 420 g/mol. The zero-order valence-electron chi connectivity index (χ0n) is 17.6. The standard InChI is InChI=1S/C25H24N4O2S/c1-19-18-29-24(31-19)23(17-27-29)32(26,30)28-25(20-11-5-2-6-12-20,21-13-7-3-8-14-21)22-15-9-4-10-16-22/h2-17,19H,18H2,1H3,(H2,26,28,30). The molecule has 2 heterocycles. The number of aromatic nitrogens is 2. The maximum Gasteiger partial charge on any atom is 0.231 e. The Balaban J connectivity index is 1.74. The van der Waals surface area contributed by atoms with E-state index in [0.717, 1.165) is 16.7 Å². The van der Waals surface area contributed by atoms with E-state index < -0.39 is 15.5 Å². The predicted octanol–water partition coefficient (Wildman–Crippen LogP) is 4.57. The normalized spacial score (nSPS) is 17.3. The van der Waals surface area contributed by atoms with Crippen molar-refractivity contribution >= 4 is 9.92 Å². The van der Waals surface area contributed by atoms with Crippen LogP contribution in [0.1, 0.15) is 23.6 Å². The Morgan fingerprint density at radius 3 is 1.88 bits per heavy atom. The van der Waals surface area contributed by atoms with Gasteiger partial charge in [0.1, 0.15) is 26.5 Å². The second-order valence-electron chi connectivity index (χ2n) is 7.93. The lowest BCUT2D eigenvalue weighted by Crippen LogP contribution is -2.47. The maximum absolute atomic E-state index is 14.1. The molecule has 162 valence electrons. The van der Waals surface area contributed by atoms with E-state index in [1.165, 1.54) is 6.20 Å². The van der Waals surface area contributed by atoms with Gasteiger partial charge in [0, 0.05) is 0 Å². The summed E-state index contributed by atoms with van der Waals surface area (Å²) in [6.45, 7) is 2.51. The lowest BCUT2D eigenvalue weighted by molar-refractivity contribution is 0.248. The fourth-order valence-electron chi connectivity index (χ4n) is 4.29. The van der Waals surface area contributed by atoms with Crippen molar-refractivity contribution in [2.24, 2.45) is 0 Å². The van der Waals surface area contributed by atoms with E-state index in [1.54, 1.807) is 4.68 Å². The Labute approximate surface area is 188 Å². The van der Waals surface area contributed by atoms with Crippen LogP contribution in [0.4, 0.5) is 0 Å². The van der Waals surface area contributed by atoms with Gasteiger partial charge in [-0.15, -0.1) is 0 Å². The van der Waals surface area contributed by atoms with Crippen molar-refractivity contribution in [2.45, 2.75) is 30.0 Å². The van der Waals surface area contributed by atoms with E-state index in [9.17, 15) is 4.21 Å². The second kappa shape index (κ2) is 7.93. The molecule has 4 aromatic rings. The molecule has 0 fully saturated rings. The second-order valence-corrected chi connectivity index (χ2v) is 9.69. The molecule has 0 saturated heterocycles. The van der Waals surface area contributed by atoms with Crippen LogP contribution < -0.4 is 9.46 Å². The highest BCUT2D eigenvalue weighted by Crippen LogP contribution is 2.39. The van der Waals surface area contributed by atoms with E-state index in [1.807, 2.05) is 97.9 Å². The van der Waals surface area contributed by atoms with Crippen LogP contribution in [0.5, 0.6) is 5.88 Å². The highest BCUT2D eigenvalue weighted by molar-refractivity contribution is 7.90. The van der Waals surface area contributed by atoms with Crippen molar-refractivity contribution in [3.8, 4) is 5.88 Å². The zero-order chi connectivity index (χ0) is 22.2. The molecule has 2 unspecified atom stereocenters. The Morgan fingerprint density at radius 1 is 0.938 bits per heavy atom. The minimum absolute atomic E-state index is 0.0743. The molecule has 5 rings (SSSR count). The van der Waals surface area contributed by atoms with Crippen molar-refractivity contribution in [1.82, 2.24) is 14.5 Å². The summed E-state index contributed by atoms with van der Waals surface area (Å²) >= 11 is 0. The minimum atomic E-state index is -3.53. The zero-order valence-corrected chi connectivity index (χ0v) is 18.5. The smallest absolute Gasteiger partial charge is 0.231 e. The summed E-state index contributed by atoms with van der Waals surface area (Å²) in [5.41, 5.74) is 1.63. The molecule has 0 radical (unpaired) electrons. The molecule has 1 aromatic heterocycles. The van der Waals surface area contributed by atoms with Crippen LogP contribution in [0, 0.1) is 4.78 Å². The number of hydrogen-bond acceptors (Lipinski definition) is 4. The number of benzene rings is 3. The quantitative estimate of drug-likeness (QED) is 0.428. The number of rotatable bonds is 6. The fraction of sp³-hybridized carbons (Fsp3) is 0.160. The molecule has 2 atom stereocenters. The summed E-state index contributed by atoms with van der Waals surface area (Å²) in [5.74, 6) is 0.396. The molecule has 0 bridgehead atoms. The molecule has 7 heteroatoms. The largest absolute Gasteiger partial charge is 0.472 e. The average Bonchev–Trinajstić information content (AvgIpc) is 3.38. The summed E-state index contributed by atoms with van der Waals surface area (Å²) in [4.78, 5) is 0.258. The molecular formula is C25H24N4O2S. The van der Waals surface area contributed by atoms with Gasteiger partial charge in [0.25, 0.3) is 0 Å². The third kappa shape index (κ3) is 3.39. The van der Waals surface area contributed by atoms with Gasteiger partial charge in [0.05, 0.1) is 12.7 Å². The number of ether oxygens (including phenoxy) is 1. The first-order valence-corrected chi connectivity index (χ1v) is 12.0. The summed E-state index contributed by atoms with van der Waals surface area (Å²) in [6, 6.07) is 29.5. The molecule has 2 N–H and O–H groups in total.